The molecule has 4 rings (SSSR count). The molecule has 1 saturated heterocycles. The number of hydrogen-bond donors (Lipinski definition) is 0. The van der Waals surface area contributed by atoms with Gasteiger partial charge in [0.2, 0.25) is 5.91 Å². The monoisotopic (exact) mass is 382 g/mol. The van der Waals surface area contributed by atoms with E-state index in [4.69, 9.17) is 11.6 Å². The summed E-state index contributed by atoms with van der Waals surface area (Å²) in [7, 11) is 0. The minimum atomic E-state index is 0.328. The molecule has 0 unspecified atom stereocenters. The number of halogens is 1. The fourth-order valence-corrected chi connectivity index (χ4v) is 4.50. The Labute approximate surface area is 166 Å². The van der Waals surface area contributed by atoms with E-state index in [1.54, 1.807) is 0 Å². The number of nitrogens with zero attached hydrogens (tertiary/aromatic N) is 2. The lowest BCUT2D eigenvalue weighted by Crippen LogP contribution is -2.39. The number of fused-ring (bicyclic) bond motifs is 1. The van der Waals surface area contributed by atoms with Gasteiger partial charge in [-0.1, -0.05) is 54.1 Å². The van der Waals surface area contributed by atoms with Gasteiger partial charge in [0.1, 0.15) is 0 Å². The molecule has 0 radical (unpaired) electrons. The van der Waals surface area contributed by atoms with E-state index in [2.05, 4.69) is 40.1 Å². The zero-order valence-corrected chi connectivity index (χ0v) is 16.5. The van der Waals surface area contributed by atoms with Gasteiger partial charge >= 0.3 is 0 Å². The molecular formula is C23H27ClN2O. The highest BCUT2D eigenvalue weighted by Gasteiger charge is 2.26. The molecule has 0 saturated carbocycles. The van der Waals surface area contributed by atoms with Crippen LogP contribution in [-0.4, -0.2) is 35.3 Å². The Hall–Kier alpha value is -1.84. The van der Waals surface area contributed by atoms with E-state index in [9.17, 15) is 4.79 Å². The van der Waals surface area contributed by atoms with Crippen LogP contribution >= 0.6 is 11.6 Å². The first kappa shape index (κ1) is 18.5. The second-order valence-corrected chi connectivity index (χ2v) is 8.26. The fourth-order valence-electron chi connectivity index (χ4n) is 4.30. The largest absolute Gasteiger partial charge is 0.338 e. The van der Waals surface area contributed by atoms with Crippen molar-refractivity contribution in [3.8, 4) is 0 Å². The first-order chi connectivity index (χ1) is 13.2. The van der Waals surface area contributed by atoms with Gasteiger partial charge in [0.25, 0.3) is 0 Å². The summed E-state index contributed by atoms with van der Waals surface area (Å²) in [6, 6.07) is 16.6. The summed E-state index contributed by atoms with van der Waals surface area (Å²) >= 11 is 6.29. The smallest absolute Gasteiger partial charge is 0.223 e. The molecule has 2 aliphatic rings. The van der Waals surface area contributed by atoms with Gasteiger partial charge in [-0.2, -0.15) is 0 Å². The van der Waals surface area contributed by atoms with Crippen LogP contribution in [0, 0.1) is 5.92 Å². The molecule has 0 spiro atoms. The van der Waals surface area contributed by atoms with E-state index in [-0.39, 0.29) is 0 Å². The van der Waals surface area contributed by atoms with Gasteiger partial charge in [-0.15, -0.1) is 0 Å². The van der Waals surface area contributed by atoms with E-state index in [1.807, 2.05) is 18.2 Å². The third kappa shape index (κ3) is 4.53. The van der Waals surface area contributed by atoms with Gasteiger partial charge < -0.3 is 4.90 Å². The minimum absolute atomic E-state index is 0.328. The van der Waals surface area contributed by atoms with Crippen LogP contribution in [0.5, 0.6) is 0 Å². The van der Waals surface area contributed by atoms with Crippen LogP contribution in [-0.2, 0) is 24.3 Å². The molecular weight excluding hydrogens is 356 g/mol. The Balaban J connectivity index is 1.26. The number of rotatable bonds is 4. The van der Waals surface area contributed by atoms with Crippen molar-refractivity contribution >= 4 is 17.5 Å². The van der Waals surface area contributed by atoms with E-state index in [0.29, 0.717) is 18.2 Å². The number of benzene rings is 2. The van der Waals surface area contributed by atoms with E-state index in [0.717, 1.165) is 57.0 Å². The van der Waals surface area contributed by atoms with Crippen molar-refractivity contribution in [1.29, 1.82) is 0 Å². The van der Waals surface area contributed by atoms with Crippen molar-refractivity contribution in [3.05, 3.63) is 70.2 Å². The third-order valence-corrected chi connectivity index (χ3v) is 6.37. The molecule has 0 bridgehead atoms. The lowest BCUT2D eigenvalue weighted by Gasteiger charge is -2.34. The molecule has 1 fully saturated rings. The molecule has 0 N–H and O–H groups in total. The highest BCUT2D eigenvalue weighted by atomic mass is 35.5. The van der Waals surface area contributed by atoms with Gasteiger partial charge in [-0.3, -0.25) is 9.69 Å². The molecule has 0 aliphatic carbocycles. The molecule has 0 aromatic heterocycles. The second-order valence-electron chi connectivity index (χ2n) is 7.85. The van der Waals surface area contributed by atoms with Gasteiger partial charge in [0.15, 0.2) is 0 Å². The SMILES string of the molecule is O=C(CC1CCN(Cc2ccccc2Cl)CC1)N1CCc2ccccc2C1. The van der Waals surface area contributed by atoms with Crippen LogP contribution in [0.3, 0.4) is 0 Å². The Kier molecular flexibility index (Phi) is 5.80. The second kappa shape index (κ2) is 8.45. The van der Waals surface area contributed by atoms with Gasteiger partial charge in [0, 0.05) is 31.1 Å². The molecule has 2 aromatic rings. The lowest BCUT2D eigenvalue weighted by atomic mass is 9.92. The third-order valence-electron chi connectivity index (χ3n) is 6.01. The summed E-state index contributed by atoms with van der Waals surface area (Å²) in [5.74, 6) is 0.839. The molecule has 27 heavy (non-hydrogen) atoms. The van der Waals surface area contributed by atoms with E-state index >= 15 is 0 Å². The summed E-state index contributed by atoms with van der Waals surface area (Å²) in [5.41, 5.74) is 3.90. The Bertz CT molecular complexity index is 798. The van der Waals surface area contributed by atoms with E-state index in [1.165, 1.54) is 16.7 Å². The average molecular weight is 383 g/mol. The van der Waals surface area contributed by atoms with Crippen LogP contribution < -0.4 is 0 Å². The van der Waals surface area contributed by atoms with Gasteiger partial charge in [0.05, 0.1) is 0 Å². The summed E-state index contributed by atoms with van der Waals surface area (Å²) in [5, 5.41) is 0.847. The van der Waals surface area contributed by atoms with Crippen molar-refractivity contribution < 1.29 is 4.79 Å². The Morgan fingerprint density at radius 1 is 0.963 bits per heavy atom. The number of carbonyl (C=O) groups excluding carboxylic acids is 1. The fraction of sp³-hybridized carbons (Fsp3) is 0.435. The first-order valence-electron chi connectivity index (χ1n) is 9.99. The van der Waals surface area contributed by atoms with Gasteiger partial charge in [-0.05, 0) is 61.0 Å². The molecule has 4 heteroatoms. The maximum atomic E-state index is 12.8. The molecule has 142 valence electrons. The predicted molar refractivity (Wildman–Crippen MR) is 110 cm³/mol. The Morgan fingerprint density at radius 3 is 2.44 bits per heavy atom. The normalized spacial score (nSPS) is 18.3. The maximum absolute atomic E-state index is 12.8. The molecule has 0 atom stereocenters. The summed E-state index contributed by atoms with van der Waals surface area (Å²) in [6.45, 7) is 4.64. The van der Waals surface area contributed by atoms with Crippen molar-refractivity contribution in [1.82, 2.24) is 9.80 Å². The molecule has 2 aromatic carbocycles. The zero-order valence-electron chi connectivity index (χ0n) is 15.7. The quantitative estimate of drug-likeness (QED) is 0.775. The Morgan fingerprint density at radius 2 is 1.67 bits per heavy atom. The highest BCUT2D eigenvalue weighted by Crippen LogP contribution is 2.26. The standard InChI is InChI=1S/C23H27ClN2O/c24-22-8-4-3-7-21(22)16-25-12-9-18(10-13-25)15-23(27)26-14-11-19-5-1-2-6-20(19)17-26/h1-8,18H,9-17H2. The lowest BCUT2D eigenvalue weighted by molar-refractivity contribution is -0.133. The van der Waals surface area contributed by atoms with Crippen molar-refractivity contribution in [2.45, 2.75) is 38.8 Å². The van der Waals surface area contributed by atoms with E-state index < -0.39 is 0 Å². The highest BCUT2D eigenvalue weighted by molar-refractivity contribution is 6.31. The van der Waals surface area contributed by atoms with Gasteiger partial charge in [-0.25, -0.2) is 0 Å². The molecule has 2 heterocycles. The first-order valence-corrected chi connectivity index (χ1v) is 10.4. The summed E-state index contributed by atoms with van der Waals surface area (Å²) < 4.78 is 0. The number of hydrogen-bond acceptors (Lipinski definition) is 2. The minimum Gasteiger partial charge on any atom is -0.338 e. The van der Waals surface area contributed by atoms with Crippen LogP contribution in [0.2, 0.25) is 5.02 Å². The number of carbonyl (C=O) groups is 1. The van der Waals surface area contributed by atoms with Crippen LogP contribution in [0.15, 0.2) is 48.5 Å². The molecule has 1 amide bonds. The number of piperidine rings is 1. The van der Waals surface area contributed by atoms with Crippen LogP contribution in [0.4, 0.5) is 0 Å². The average Bonchev–Trinajstić information content (AvgIpc) is 2.71. The van der Waals surface area contributed by atoms with Crippen molar-refractivity contribution in [2.24, 2.45) is 5.92 Å². The molecule has 2 aliphatic heterocycles. The number of likely N-dealkylation sites (tertiary alicyclic amines) is 1. The number of amides is 1. The van der Waals surface area contributed by atoms with Crippen LogP contribution in [0.25, 0.3) is 0 Å². The summed E-state index contributed by atoms with van der Waals surface area (Å²) in [4.78, 5) is 17.3. The zero-order chi connectivity index (χ0) is 18.6. The topological polar surface area (TPSA) is 23.6 Å². The van der Waals surface area contributed by atoms with Crippen molar-refractivity contribution in [2.75, 3.05) is 19.6 Å². The van der Waals surface area contributed by atoms with Crippen molar-refractivity contribution in [3.63, 3.8) is 0 Å². The maximum Gasteiger partial charge on any atom is 0.223 e. The summed E-state index contributed by atoms with van der Waals surface area (Å²) in [6.07, 6.45) is 3.88. The predicted octanol–water partition coefficient (Wildman–Crippen LogP) is 4.53. The molecule has 3 nitrogen and oxygen atoms in total. The van der Waals surface area contributed by atoms with Crippen LogP contribution in [0.1, 0.15) is 36.0 Å².